The summed E-state index contributed by atoms with van der Waals surface area (Å²) in [5.41, 5.74) is 1.32. The molecule has 0 spiro atoms. The van der Waals surface area contributed by atoms with Gasteiger partial charge in [0.15, 0.2) is 0 Å². The first kappa shape index (κ1) is 13.0. The van der Waals surface area contributed by atoms with E-state index in [0.717, 1.165) is 18.4 Å². The van der Waals surface area contributed by atoms with E-state index in [0.29, 0.717) is 18.7 Å². The summed E-state index contributed by atoms with van der Waals surface area (Å²) in [7, 11) is -3.38. The normalized spacial score (nSPS) is 16.6. The maximum absolute atomic E-state index is 11.9. The fraction of sp³-hybridized carbons (Fsp3) is 0.417. The third-order valence-corrected chi connectivity index (χ3v) is 4.47. The Balaban J connectivity index is 2.00. The fourth-order valence-corrected chi connectivity index (χ4v) is 3.22. The molecule has 1 saturated heterocycles. The molecule has 96 valence electrons. The van der Waals surface area contributed by atoms with Gasteiger partial charge >= 0.3 is 0 Å². The summed E-state index contributed by atoms with van der Waals surface area (Å²) < 4.78 is 27.8. The minimum atomic E-state index is -3.38. The van der Waals surface area contributed by atoms with Gasteiger partial charge in [-0.05, 0) is 30.5 Å². The number of nitriles is 1. The number of nitrogens with zero attached hydrogens (tertiary/aromatic N) is 2. The summed E-state index contributed by atoms with van der Waals surface area (Å²) in [6, 6.07) is 8.96. The Morgan fingerprint density at radius 3 is 2.72 bits per heavy atom. The standard InChI is InChI=1S/C12H15N3O2S/c13-9-11-4-3-5-12(8-11)10-14-18(16,17)15-6-1-2-7-15/h3-5,8,14H,1-2,6-7,10H2. The third-order valence-electron chi connectivity index (χ3n) is 2.92. The van der Waals surface area contributed by atoms with Gasteiger partial charge in [-0.2, -0.15) is 22.7 Å². The van der Waals surface area contributed by atoms with Gasteiger partial charge in [0.25, 0.3) is 10.2 Å². The van der Waals surface area contributed by atoms with E-state index in [1.165, 1.54) is 4.31 Å². The Kier molecular flexibility index (Phi) is 3.97. The van der Waals surface area contributed by atoms with Crippen molar-refractivity contribution in [2.75, 3.05) is 13.1 Å². The van der Waals surface area contributed by atoms with E-state index < -0.39 is 10.2 Å². The predicted molar refractivity (Wildman–Crippen MR) is 67.7 cm³/mol. The number of hydrogen-bond donors (Lipinski definition) is 1. The molecular formula is C12H15N3O2S. The monoisotopic (exact) mass is 265 g/mol. The maximum atomic E-state index is 11.9. The molecule has 1 aliphatic rings. The molecule has 18 heavy (non-hydrogen) atoms. The van der Waals surface area contributed by atoms with Crippen LogP contribution in [0.1, 0.15) is 24.0 Å². The number of benzene rings is 1. The van der Waals surface area contributed by atoms with Crippen LogP contribution in [0.5, 0.6) is 0 Å². The molecule has 0 saturated carbocycles. The highest BCUT2D eigenvalue weighted by Gasteiger charge is 2.24. The van der Waals surface area contributed by atoms with Crippen LogP contribution in [0.3, 0.4) is 0 Å². The molecule has 2 rings (SSSR count). The van der Waals surface area contributed by atoms with Crippen molar-refractivity contribution in [1.29, 1.82) is 5.26 Å². The molecule has 1 N–H and O–H groups in total. The van der Waals surface area contributed by atoms with E-state index in [-0.39, 0.29) is 6.54 Å². The van der Waals surface area contributed by atoms with Crippen molar-refractivity contribution in [1.82, 2.24) is 9.03 Å². The minimum Gasteiger partial charge on any atom is -0.198 e. The molecule has 6 heteroatoms. The molecule has 1 aliphatic heterocycles. The zero-order valence-electron chi connectivity index (χ0n) is 9.96. The Labute approximate surface area is 107 Å². The van der Waals surface area contributed by atoms with E-state index in [9.17, 15) is 8.42 Å². The third kappa shape index (κ3) is 3.07. The number of nitrogens with one attached hydrogen (secondary N) is 1. The largest absolute Gasteiger partial charge is 0.279 e. The second-order valence-corrected chi connectivity index (χ2v) is 6.00. The summed E-state index contributed by atoms with van der Waals surface area (Å²) in [6.45, 7) is 1.40. The molecule has 0 bridgehead atoms. The lowest BCUT2D eigenvalue weighted by Gasteiger charge is -2.16. The van der Waals surface area contributed by atoms with Gasteiger partial charge in [0, 0.05) is 19.6 Å². The van der Waals surface area contributed by atoms with E-state index in [1.807, 2.05) is 6.07 Å². The summed E-state index contributed by atoms with van der Waals surface area (Å²) in [5, 5.41) is 8.77. The van der Waals surface area contributed by atoms with Crippen molar-refractivity contribution in [2.24, 2.45) is 0 Å². The van der Waals surface area contributed by atoms with Gasteiger partial charge in [-0.1, -0.05) is 12.1 Å². The highest BCUT2D eigenvalue weighted by molar-refractivity contribution is 7.87. The Bertz CT molecular complexity index is 557. The fourth-order valence-electron chi connectivity index (χ4n) is 1.95. The van der Waals surface area contributed by atoms with Crippen LogP contribution < -0.4 is 4.72 Å². The molecule has 1 heterocycles. The smallest absolute Gasteiger partial charge is 0.198 e. The van der Waals surface area contributed by atoms with Crippen molar-refractivity contribution in [3.63, 3.8) is 0 Å². The first-order valence-corrected chi connectivity index (χ1v) is 7.29. The van der Waals surface area contributed by atoms with Crippen molar-refractivity contribution >= 4 is 10.2 Å². The SMILES string of the molecule is N#Cc1cccc(CNS(=O)(=O)N2CCCC2)c1. The molecule has 0 aliphatic carbocycles. The van der Waals surface area contributed by atoms with Crippen LogP contribution in [0.2, 0.25) is 0 Å². The Morgan fingerprint density at radius 1 is 1.33 bits per heavy atom. The second-order valence-electron chi connectivity index (χ2n) is 4.24. The van der Waals surface area contributed by atoms with E-state index >= 15 is 0 Å². The van der Waals surface area contributed by atoms with Crippen LogP contribution in [0.15, 0.2) is 24.3 Å². The van der Waals surface area contributed by atoms with Gasteiger partial charge in [0.05, 0.1) is 11.6 Å². The molecule has 1 aromatic rings. The Hall–Kier alpha value is -1.42. The average Bonchev–Trinajstić information content (AvgIpc) is 2.91. The van der Waals surface area contributed by atoms with Crippen molar-refractivity contribution in [3.8, 4) is 6.07 Å². The quantitative estimate of drug-likeness (QED) is 0.882. The van der Waals surface area contributed by atoms with Gasteiger partial charge in [-0.25, -0.2) is 0 Å². The van der Waals surface area contributed by atoms with Crippen molar-refractivity contribution in [2.45, 2.75) is 19.4 Å². The average molecular weight is 265 g/mol. The van der Waals surface area contributed by atoms with Gasteiger partial charge in [-0.15, -0.1) is 0 Å². The van der Waals surface area contributed by atoms with Crippen LogP contribution in [0.4, 0.5) is 0 Å². The van der Waals surface area contributed by atoms with Gasteiger partial charge in [0.2, 0.25) is 0 Å². The lowest BCUT2D eigenvalue weighted by molar-refractivity contribution is 0.464. The summed E-state index contributed by atoms with van der Waals surface area (Å²) in [6.07, 6.45) is 1.84. The van der Waals surface area contributed by atoms with Gasteiger partial charge < -0.3 is 0 Å². The van der Waals surface area contributed by atoms with Gasteiger partial charge in [0.1, 0.15) is 0 Å². The maximum Gasteiger partial charge on any atom is 0.279 e. The zero-order chi connectivity index (χ0) is 13.0. The van der Waals surface area contributed by atoms with Crippen molar-refractivity contribution in [3.05, 3.63) is 35.4 Å². The zero-order valence-corrected chi connectivity index (χ0v) is 10.8. The second kappa shape index (κ2) is 5.48. The highest BCUT2D eigenvalue weighted by atomic mass is 32.2. The summed E-state index contributed by atoms with van der Waals surface area (Å²) in [5.74, 6) is 0. The minimum absolute atomic E-state index is 0.217. The lowest BCUT2D eigenvalue weighted by atomic mass is 10.1. The highest BCUT2D eigenvalue weighted by Crippen LogP contribution is 2.12. The van der Waals surface area contributed by atoms with Crippen LogP contribution >= 0.6 is 0 Å². The van der Waals surface area contributed by atoms with Gasteiger partial charge in [-0.3, -0.25) is 0 Å². The topological polar surface area (TPSA) is 73.2 Å². The molecule has 1 aromatic carbocycles. The Morgan fingerprint density at radius 2 is 2.06 bits per heavy atom. The first-order valence-electron chi connectivity index (χ1n) is 5.85. The summed E-state index contributed by atoms with van der Waals surface area (Å²) >= 11 is 0. The van der Waals surface area contributed by atoms with Crippen LogP contribution in [-0.4, -0.2) is 25.8 Å². The molecule has 0 unspecified atom stereocenters. The van der Waals surface area contributed by atoms with Crippen LogP contribution in [-0.2, 0) is 16.8 Å². The number of rotatable bonds is 4. The molecule has 0 amide bonds. The molecular weight excluding hydrogens is 250 g/mol. The van der Waals surface area contributed by atoms with E-state index in [4.69, 9.17) is 5.26 Å². The van der Waals surface area contributed by atoms with E-state index in [2.05, 4.69) is 4.72 Å². The summed E-state index contributed by atoms with van der Waals surface area (Å²) in [4.78, 5) is 0. The molecule has 0 aromatic heterocycles. The molecule has 0 radical (unpaired) electrons. The first-order chi connectivity index (χ1) is 8.62. The van der Waals surface area contributed by atoms with Crippen LogP contribution in [0.25, 0.3) is 0 Å². The van der Waals surface area contributed by atoms with Crippen LogP contribution in [0, 0.1) is 11.3 Å². The lowest BCUT2D eigenvalue weighted by Crippen LogP contribution is -2.38. The molecule has 0 atom stereocenters. The number of hydrogen-bond acceptors (Lipinski definition) is 3. The van der Waals surface area contributed by atoms with E-state index in [1.54, 1.807) is 24.3 Å². The molecule has 1 fully saturated rings. The predicted octanol–water partition coefficient (Wildman–Crippen LogP) is 0.988. The molecule has 5 nitrogen and oxygen atoms in total. The van der Waals surface area contributed by atoms with Crippen molar-refractivity contribution < 1.29 is 8.42 Å².